The van der Waals surface area contributed by atoms with E-state index in [2.05, 4.69) is 5.32 Å². The van der Waals surface area contributed by atoms with E-state index < -0.39 is 28.5 Å². The van der Waals surface area contributed by atoms with E-state index >= 15 is 0 Å². The van der Waals surface area contributed by atoms with E-state index in [-0.39, 0.29) is 29.5 Å². The molecule has 46 heavy (non-hydrogen) atoms. The van der Waals surface area contributed by atoms with E-state index in [1.807, 2.05) is 37.3 Å². The fourth-order valence-corrected chi connectivity index (χ4v) is 6.66. The molecule has 1 unspecified atom stereocenters. The van der Waals surface area contributed by atoms with Crippen LogP contribution in [0.4, 0.5) is 5.69 Å². The number of ether oxygens (including phenoxy) is 1. The highest BCUT2D eigenvalue weighted by Gasteiger charge is 2.34. The van der Waals surface area contributed by atoms with Gasteiger partial charge in [-0.05, 0) is 53.9 Å². The molecule has 2 amide bonds. The van der Waals surface area contributed by atoms with Crippen molar-refractivity contribution in [1.29, 1.82) is 0 Å². The van der Waals surface area contributed by atoms with Crippen LogP contribution >= 0.6 is 23.2 Å². The molecule has 0 aliphatic carbocycles. The second-order valence-electron chi connectivity index (χ2n) is 10.6. The van der Waals surface area contributed by atoms with Crippen molar-refractivity contribution in [2.75, 3.05) is 24.5 Å². The Balaban J connectivity index is 1.81. The lowest BCUT2D eigenvalue weighted by Gasteiger charge is -2.34. The van der Waals surface area contributed by atoms with Crippen LogP contribution in [0.25, 0.3) is 0 Å². The minimum atomic E-state index is -4.22. The van der Waals surface area contributed by atoms with Crippen LogP contribution < -0.4 is 14.4 Å². The number of anilines is 1. The highest BCUT2D eigenvalue weighted by Crippen LogP contribution is 2.29. The molecule has 0 radical (unpaired) electrons. The third-order valence-corrected chi connectivity index (χ3v) is 9.92. The maximum absolute atomic E-state index is 14.5. The number of halogens is 2. The largest absolute Gasteiger partial charge is 0.497 e. The molecule has 4 rings (SSSR count). The van der Waals surface area contributed by atoms with Crippen molar-refractivity contribution in [3.05, 3.63) is 124 Å². The molecule has 0 bridgehead atoms. The fraction of sp³-hybridized carbons (Fsp3) is 0.257. The minimum absolute atomic E-state index is 0.0137. The van der Waals surface area contributed by atoms with E-state index in [1.54, 1.807) is 60.7 Å². The van der Waals surface area contributed by atoms with E-state index in [1.165, 1.54) is 24.1 Å². The summed E-state index contributed by atoms with van der Waals surface area (Å²) in [5.41, 5.74) is 1.70. The molecule has 0 aliphatic rings. The Morgan fingerprint density at radius 3 is 2.20 bits per heavy atom. The molecule has 4 aromatic rings. The molecular weight excluding hydrogens is 645 g/mol. The number of benzene rings is 4. The van der Waals surface area contributed by atoms with Crippen LogP contribution in [-0.4, -0.2) is 51.4 Å². The Bertz CT molecular complexity index is 1720. The number of nitrogens with zero attached hydrogens (tertiary/aromatic N) is 2. The van der Waals surface area contributed by atoms with Crippen molar-refractivity contribution in [3.8, 4) is 5.75 Å². The quantitative estimate of drug-likeness (QED) is 0.140. The zero-order valence-corrected chi connectivity index (χ0v) is 28.1. The number of rotatable bonds is 15. The first-order valence-electron chi connectivity index (χ1n) is 14.9. The molecule has 0 fully saturated rings. The normalized spacial score (nSPS) is 11.8. The molecule has 0 aromatic heterocycles. The van der Waals surface area contributed by atoms with Gasteiger partial charge in [0.2, 0.25) is 11.8 Å². The summed E-state index contributed by atoms with van der Waals surface area (Å²) in [6.07, 6.45) is 1.85. The second kappa shape index (κ2) is 16.5. The Kier molecular flexibility index (Phi) is 12.5. The Hall–Kier alpha value is -4.05. The molecule has 0 heterocycles. The Labute approximate surface area is 280 Å². The zero-order valence-electron chi connectivity index (χ0n) is 25.7. The lowest BCUT2D eigenvalue weighted by molar-refractivity contribution is -0.140. The molecule has 0 saturated carbocycles. The molecule has 11 heteroatoms. The molecular formula is C35H37Cl2N3O5S. The average Bonchev–Trinajstić information content (AvgIpc) is 3.07. The SMILES string of the molecule is CCCCNC(=O)C(Cc1ccccc1)N(Cc1ccc(Cl)c(Cl)c1)C(=O)CN(c1cccc(OC)c1)S(=O)(=O)c1ccccc1. The van der Waals surface area contributed by atoms with Gasteiger partial charge in [-0.15, -0.1) is 0 Å². The molecule has 242 valence electrons. The summed E-state index contributed by atoms with van der Waals surface area (Å²) in [5.74, 6) is -0.507. The maximum Gasteiger partial charge on any atom is 0.264 e. The van der Waals surface area contributed by atoms with Crippen LogP contribution in [-0.2, 0) is 32.6 Å². The van der Waals surface area contributed by atoms with Crippen LogP contribution in [0.15, 0.2) is 108 Å². The number of amides is 2. The summed E-state index contributed by atoms with van der Waals surface area (Å²) in [7, 11) is -2.75. The molecule has 1 atom stereocenters. The van der Waals surface area contributed by atoms with Crippen LogP contribution in [0, 0.1) is 0 Å². The highest BCUT2D eigenvalue weighted by atomic mass is 35.5. The van der Waals surface area contributed by atoms with Gasteiger partial charge in [0.1, 0.15) is 18.3 Å². The van der Waals surface area contributed by atoms with Gasteiger partial charge in [-0.3, -0.25) is 13.9 Å². The average molecular weight is 683 g/mol. The first kappa shape index (κ1) is 34.8. The van der Waals surface area contributed by atoms with Gasteiger partial charge < -0.3 is 15.0 Å². The summed E-state index contributed by atoms with van der Waals surface area (Å²) in [6.45, 7) is 1.85. The summed E-state index contributed by atoms with van der Waals surface area (Å²) in [6, 6.07) is 27.8. The highest BCUT2D eigenvalue weighted by molar-refractivity contribution is 7.92. The third-order valence-electron chi connectivity index (χ3n) is 7.39. The van der Waals surface area contributed by atoms with Crippen LogP contribution in [0.5, 0.6) is 5.75 Å². The molecule has 0 aliphatic heterocycles. The van der Waals surface area contributed by atoms with E-state index in [9.17, 15) is 18.0 Å². The first-order valence-corrected chi connectivity index (χ1v) is 17.1. The summed E-state index contributed by atoms with van der Waals surface area (Å²) in [5, 5.41) is 3.61. The molecule has 8 nitrogen and oxygen atoms in total. The van der Waals surface area contributed by atoms with Crippen LogP contribution in [0.1, 0.15) is 30.9 Å². The number of carbonyl (C=O) groups is 2. The van der Waals surface area contributed by atoms with Gasteiger partial charge in [0.05, 0.1) is 27.7 Å². The van der Waals surface area contributed by atoms with E-state index in [0.717, 1.165) is 22.7 Å². The topological polar surface area (TPSA) is 96.0 Å². The molecule has 0 spiro atoms. The number of unbranched alkanes of at least 4 members (excludes halogenated alkanes) is 1. The Morgan fingerprint density at radius 2 is 1.54 bits per heavy atom. The second-order valence-corrected chi connectivity index (χ2v) is 13.3. The van der Waals surface area contributed by atoms with Crippen molar-refractivity contribution in [1.82, 2.24) is 10.2 Å². The monoisotopic (exact) mass is 681 g/mol. The molecule has 1 N–H and O–H groups in total. The lowest BCUT2D eigenvalue weighted by Crippen LogP contribution is -2.53. The number of hydrogen-bond donors (Lipinski definition) is 1. The Morgan fingerprint density at radius 1 is 0.848 bits per heavy atom. The lowest BCUT2D eigenvalue weighted by atomic mass is 10.0. The smallest absolute Gasteiger partial charge is 0.264 e. The molecule has 0 saturated heterocycles. The van der Waals surface area contributed by atoms with Gasteiger partial charge in [-0.25, -0.2) is 8.42 Å². The summed E-state index contributed by atoms with van der Waals surface area (Å²) in [4.78, 5) is 29.8. The van der Waals surface area contributed by atoms with E-state index in [4.69, 9.17) is 27.9 Å². The number of methoxy groups -OCH3 is 1. The zero-order chi connectivity index (χ0) is 33.1. The number of nitrogens with one attached hydrogen (secondary N) is 1. The third kappa shape index (κ3) is 9.02. The van der Waals surface area contributed by atoms with Crippen LogP contribution in [0.2, 0.25) is 10.0 Å². The van der Waals surface area contributed by atoms with Gasteiger partial charge in [0.15, 0.2) is 0 Å². The van der Waals surface area contributed by atoms with Crippen LogP contribution in [0.3, 0.4) is 0 Å². The van der Waals surface area contributed by atoms with Crippen molar-refractivity contribution < 1.29 is 22.7 Å². The fourth-order valence-electron chi connectivity index (χ4n) is 4.91. The summed E-state index contributed by atoms with van der Waals surface area (Å²) < 4.78 is 34.6. The van der Waals surface area contributed by atoms with Gasteiger partial charge in [0, 0.05) is 25.6 Å². The first-order chi connectivity index (χ1) is 22.1. The predicted octanol–water partition coefficient (Wildman–Crippen LogP) is 6.75. The van der Waals surface area contributed by atoms with Gasteiger partial charge in [-0.1, -0.05) is 97.2 Å². The van der Waals surface area contributed by atoms with Crippen molar-refractivity contribution in [2.45, 2.75) is 43.7 Å². The maximum atomic E-state index is 14.5. The van der Waals surface area contributed by atoms with Crippen molar-refractivity contribution >= 4 is 50.7 Å². The van der Waals surface area contributed by atoms with Gasteiger partial charge in [-0.2, -0.15) is 0 Å². The van der Waals surface area contributed by atoms with Crippen molar-refractivity contribution in [3.63, 3.8) is 0 Å². The number of hydrogen-bond acceptors (Lipinski definition) is 5. The van der Waals surface area contributed by atoms with Crippen molar-refractivity contribution in [2.24, 2.45) is 0 Å². The van der Waals surface area contributed by atoms with Gasteiger partial charge in [0.25, 0.3) is 10.0 Å². The van der Waals surface area contributed by atoms with Gasteiger partial charge >= 0.3 is 0 Å². The number of carbonyl (C=O) groups excluding carboxylic acids is 2. The standard InChI is InChI=1S/C35H37Cl2N3O5S/c1-3-4-20-38-35(42)33(22-26-12-7-5-8-13-26)39(24-27-18-19-31(36)32(37)21-27)34(41)25-40(28-14-11-15-29(23-28)45-2)46(43,44)30-16-9-6-10-17-30/h5-19,21,23,33H,3-4,20,22,24-25H2,1-2H3,(H,38,42). The van der Waals surface area contributed by atoms with E-state index in [0.29, 0.717) is 27.9 Å². The molecule has 4 aromatic carbocycles. The predicted molar refractivity (Wildman–Crippen MR) is 183 cm³/mol. The summed E-state index contributed by atoms with van der Waals surface area (Å²) >= 11 is 12.5. The number of sulfonamides is 1. The minimum Gasteiger partial charge on any atom is -0.497 e.